The van der Waals surface area contributed by atoms with Crippen LogP contribution in [0.3, 0.4) is 0 Å². The highest BCUT2D eigenvalue weighted by atomic mass is 35.5. The second-order valence-corrected chi connectivity index (χ2v) is 7.10. The van der Waals surface area contributed by atoms with E-state index in [1.807, 2.05) is 0 Å². The smallest absolute Gasteiger partial charge is 0.433 e. The SMILES string of the molecule is Cc1ccc(NC(=O)CCn2nc(C(F)(F)F)c(Cl)c2C2CC2)c(OC(F)F)c1. The first kappa shape index (κ1) is 21.4. The number of benzene rings is 1. The Bertz CT molecular complexity index is 910. The van der Waals surface area contributed by atoms with Gasteiger partial charge in [0.05, 0.1) is 22.9 Å². The van der Waals surface area contributed by atoms with E-state index < -0.39 is 29.4 Å². The number of hydrogen-bond acceptors (Lipinski definition) is 3. The van der Waals surface area contributed by atoms with Crippen molar-refractivity contribution in [2.75, 3.05) is 5.32 Å². The number of hydrogen-bond donors (Lipinski definition) is 1. The maximum Gasteiger partial charge on any atom is 0.436 e. The molecule has 1 heterocycles. The van der Waals surface area contributed by atoms with E-state index >= 15 is 0 Å². The van der Waals surface area contributed by atoms with Gasteiger partial charge in [0.15, 0.2) is 5.69 Å². The van der Waals surface area contributed by atoms with E-state index in [1.165, 1.54) is 12.1 Å². The van der Waals surface area contributed by atoms with Gasteiger partial charge in [-0.1, -0.05) is 17.7 Å². The number of anilines is 1. The fraction of sp³-hybridized carbons (Fsp3) is 0.444. The molecule has 2 aromatic rings. The van der Waals surface area contributed by atoms with Crippen molar-refractivity contribution in [3.8, 4) is 5.75 Å². The van der Waals surface area contributed by atoms with Crippen molar-refractivity contribution in [1.29, 1.82) is 0 Å². The standard InChI is InChI=1S/C18H17ClF5N3O2/c1-9-2-5-11(12(8-9)29-17(20)21)25-13(28)6-7-27-15(10-3-4-10)14(19)16(26-27)18(22,23)24/h2,5,8,10,17H,3-4,6-7H2,1H3,(H,25,28). The van der Waals surface area contributed by atoms with Gasteiger partial charge in [-0.25, -0.2) is 0 Å². The molecule has 1 aromatic carbocycles. The second-order valence-electron chi connectivity index (χ2n) is 6.72. The summed E-state index contributed by atoms with van der Waals surface area (Å²) in [6, 6.07) is 4.35. The monoisotopic (exact) mass is 437 g/mol. The third-order valence-electron chi connectivity index (χ3n) is 4.34. The number of rotatable bonds is 7. The van der Waals surface area contributed by atoms with E-state index in [1.54, 1.807) is 13.0 Å². The molecule has 1 N–H and O–H groups in total. The fourth-order valence-electron chi connectivity index (χ4n) is 2.90. The first-order valence-electron chi connectivity index (χ1n) is 8.75. The maximum absolute atomic E-state index is 13.1. The van der Waals surface area contributed by atoms with E-state index in [4.69, 9.17) is 11.6 Å². The van der Waals surface area contributed by atoms with Crippen LogP contribution in [0.1, 0.15) is 42.1 Å². The van der Waals surface area contributed by atoms with E-state index in [0.29, 0.717) is 18.4 Å². The number of halogens is 6. The highest BCUT2D eigenvalue weighted by Crippen LogP contribution is 2.46. The molecule has 0 radical (unpaired) electrons. The Balaban J connectivity index is 1.72. The van der Waals surface area contributed by atoms with Crippen molar-refractivity contribution in [3.63, 3.8) is 0 Å². The van der Waals surface area contributed by atoms with Crippen molar-refractivity contribution in [2.45, 2.75) is 51.4 Å². The molecule has 5 nitrogen and oxygen atoms in total. The van der Waals surface area contributed by atoms with Crippen LogP contribution in [0.2, 0.25) is 5.02 Å². The summed E-state index contributed by atoms with van der Waals surface area (Å²) < 4.78 is 69.8. The van der Waals surface area contributed by atoms with E-state index in [0.717, 1.165) is 4.68 Å². The van der Waals surface area contributed by atoms with Gasteiger partial charge in [-0.3, -0.25) is 9.48 Å². The van der Waals surface area contributed by atoms with Gasteiger partial charge >= 0.3 is 12.8 Å². The average Bonchev–Trinajstić information content (AvgIpc) is 3.37. The molecule has 158 valence electrons. The van der Waals surface area contributed by atoms with Crippen LogP contribution in [0, 0.1) is 6.92 Å². The van der Waals surface area contributed by atoms with E-state index in [-0.39, 0.29) is 36.0 Å². The summed E-state index contributed by atoms with van der Waals surface area (Å²) in [6.45, 7) is -1.53. The van der Waals surface area contributed by atoms with Gasteiger partial charge in [0, 0.05) is 12.3 Å². The normalized spacial score (nSPS) is 14.3. The molecule has 0 spiro atoms. The maximum atomic E-state index is 13.1. The van der Waals surface area contributed by atoms with Crippen LogP contribution in [-0.2, 0) is 17.5 Å². The van der Waals surface area contributed by atoms with Crippen LogP contribution in [0.25, 0.3) is 0 Å². The van der Waals surface area contributed by atoms with E-state index in [2.05, 4.69) is 15.2 Å². The third kappa shape index (κ3) is 5.17. The van der Waals surface area contributed by atoms with Crippen LogP contribution >= 0.6 is 11.6 Å². The zero-order chi connectivity index (χ0) is 21.3. The number of amides is 1. The lowest BCUT2D eigenvalue weighted by atomic mass is 10.2. The molecule has 1 aliphatic carbocycles. The largest absolute Gasteiger partial charge is 0.436 e. The topological polar surface area (TPSA) is 56.2 Å². The molecule has 0 saturated heterocycles. The van der Waals surface area contributed by atoms with Crippen LogP contribution in [0.15, 0.2) is 18.2 Å². The van der Waals surface area contributed by atoms with Gasteiger partial charge in [-0.15, -0.1) is 0 Å². The van der Waals surface area contributed by atoms with Crippen molar-refractivity contribution in [3.05, 3.63) is 40.2 Å². The Labute approximate surface area is 167 Å². The summed E-state index contributed by atoms with van der Waals surface area (Å²) in [6.07, 6.45) is -3.52. The van der Waals surface area contributed by atoms with Gasteiger partial charge in [-0.2, -0.15) is 27.1 Å². The lowest BCUT2D eigenvalue weighted by molar-refractivity contribution is -0.141. The molecule has 0 unspecified atom stereocenters. The Kier molecular flexibility index (Phi) is 6.02. The number of aryl methyl sites for hydroxylation is 2. The molecule has 1 amide bonds. The summed E-state index contributed by atoms with van der Waals surface area (Å²) in [5.74, 6) is -0.902. The number of nitrogens with zero attached hydrogens (tertiary/aromatic N) is 2. The van der Waals surface area contributed by atoms with Gasteiger partial charge < -0.3 is 10.1 Å². The zero-order valence-corrected chi connectivity index (χ0v) is 15.9. The summed E-state index contributed by atoms with van der Waals surface area (Å²) in [5, 5.41) is 5.54. The highest BCUT2D eigenvalue weighted by molar-refractivity contribution is 6.32. The van der Waals surface area contributed by atoms with Gasteiger partial charge in [0.2, 0.25) is 5.91 Å². The minimum atomic E-state index is -4.70. The van der Waals surface area contributed by atoms with Crippen LogP contribution in [-0.4, -0.2) is 22.3 Å². The predicted molar refractivity (Wildman–Crippen MR) is 95.3 cm³/mol. The number of aromatic nitrogens is 2. The van der Waals surface area contributed by atoms with Crippen molar-refractivity contribution >= 4 is 23.2 Å². The number of carbonyl (C=O) groups is 1. The fourth-order valence-corrected chi connectivity index (χ4v) is 3.29. The molecule has 0 bridgehead atoms. The second kappa shape index (κ2) is 8.17. The number of carbonyl (C=O) groups excluding carboxylic acids is 1. The quantitative estimate of drug-likeness (QED) is 0.592. The van der Waals surface area contributed by atoms with Crippen LogP contribution in [0.4, 0.5) is 27.6 Å². The molecule has 0 aliphatic heterocycles. The molecule has 3 rings (SSSR count). The summed E-state index contributed by atoms with van der Waals surface area (Å²) in [4.78, 5) is 12.2. The molecule has 11 heteroatoms. The lowest BCUT2D eigenvalue weighted by Gasteiger charge is -2.13. The van der Waals surface area contributed by atoms with Crippen molar-refractivity contribution in [2.24, 2.45) is 0 Å². The summed E-state index contributed by atoms with van der Waals surface area (Å²) in [5.41, 5.74) is -0.215. The minimum Gasteiger partial charge on any atom is -0.433 e. The van der Waals surface area contributed by atoms with Crippen molar-refractivity contribution in [1.82, 2.24) is 9.78 Å². The Hall–Kier alpha value is -2.36. The molecule has 0 atom stereocenters. The van der Waals surface area contributed by atoms with Gasteiger partial charge in [-0.05, 0) is 37.5 Å². The van der Waals surface area contributed by atoms with Crippen LogP contribution in [0.5, 0.6) is 5.75 Å². The summed E-state index contributed by atoms with van der Waals surface area (Å²) in [7, 11) is 0. The molecule has 1 saturated carbocycles. The first-order chi connectivity index (χ1) is 13.6. The molecule has 29 heavy (non-hydrogen) atoms. The predicted octanol–water partition coefficient (Wildman–Crippen LogP) is 5.37. The number of alkyl halides is 5. The molecule has 1 aliphatic rings. The third-order valence-corrected chi connectivity index (χ3v) is 4.71. The Morgan fingerprint density at radius 3 is 2.66 bits per heavy atom. The molecule has 1 fully saturated rings. The highest BCUT2D eigenvalue weighted by Gasteiger charge is 2.42. The zero-order valence-electron chi connectivity index (χ0n) is 15.2. The van der Waals surface area contributed by atoms with Gasteiger partial charge in [0.25, 0.3) is 0 Å². The average molecular weight is 438 g/mol. The minimum absolute atomic E-state index is 0.0396. The van der Waals surface area contributed by atoms with Gasteiger partial charge in [0.1, 0.15) is 5.75 Å². The Morgan fingerprint density at radius 1 is 1.38 bits per heavy atom. The lowest BCUT2D eigenvalue weighted by Crippen LogP contribution is -2.17. The molecular formula is C18H17ClF5N3O2. The number of nitrogens with one attached hydrogen (secondary N) is 1. The Morgan fingerprint density at radius 2 is 2.07 bits per heavy atom. The summed E-state index contributed by atoms with van der Waals surface area (Å²) >= 11 is 5.89. The van der Waals surface area contributed by atoms with E-state index in [9.17, 15) is 26.7 Å². The van der Waals surface area contributed by atoms with Crippen molar-refractivity contribution < 1.29 is 31.5 Å². The van der Waals surface area contributed by atoms with Crippen LogP contribution < -0.4 is 10.1 Å². The first-order valence-corrected chi connectivity index (χ1v) is 9.12. The molecule has 1 aromatic heterocycles. The number of ether oxygens (including phenoxy) is 1. The molecular weight excluding hydrogens is 421 g/mol.